The van der Waals surface area contributed by atoms with E-state index in [-0.39, 0.29) is 0 Å². The van der Waals surface area contributed by atoms with E-state index in [1.54, 1.807) is 16.9 Å². The second-order valence-corrected chi connectivity index (χ2v) is 5.05. The number of phenols is 1. The number of phenolic OH excluding ortho intramolecular Hbond substituents is 1. The largest absolute Gasteiger partial charge is 0.508 e. The monoisotopic (exact) mass is 259 g/mol. The van der Waals surface area contributed by atoms with Crippen LogP contribution in [0.1, 0.15) is 43.9 Å². The number of nitrogen functional groups attached to an aromatic ring is 1. The van der Waals surface area contributed by atoms with Gasteiger partial charge in [-0.3, -0.25) is 0 Å². The lowest BCUT2D eigenvalue weighted by atomic mass is 9.95. The molecule has 0 saturated carbocycles. The van der Waals surface area contributed by atoms with Crippen molar-refractivity contribution in [2.24, 2.45) is 0 Å². The van der Waals surface area contributed by atoms with Crippen LogP contribution in [0.5, 0.6) is 5.75 Å². The lowest BCUT2D eigenvalue weighted by Gasteiger charge is -2.13. The highest BCUT2D eigenvalue weighted by Gasteiger charge is 2.11. The van der Waals surface area contributed by atoms with Crippen LogP contribution >= 0.6 is 0 Å². The van der Waals surface area contributed by atoms with Gasteiger partial charge in [0.1, 0.15) is 5.75 Å². The van der Waals surface area contributed by atoms with Crippen LogP contribution in [0.25, 0.3) is 5.69 Å². The topological polar surface area (TPSA) is 64.1 Å². The summed E-state index contributed by atoms with van der Waals surface area (Å²) in [6.07, 6.45) is 3.94. The van der Waals surface area contributed by atoms with Crippen LogP contribution < -0.4 is 5.73 Å². The van der Waals surface area contributed by atoms with Crippen LogP contribution in [0.3, 0.4) is 0 Å². The summed E-state index contributed by atoms with van der Waals surface area (Å²) in [5.74, 6) is 0.689. The van der Waals surface area contributed by atoms with Gasteiger partial charge in [-0.25, -0.2) is 4.68 Å². The van der Waals surface area contributed by atoms with Crippen LogP contribution in [0.15, 0.2) is 24.4 Å². The Morgan fingerprint density at radius 1 is 1.42 bits per heavy atom. The molecule has 0 bridgehead atoms. The summed E-state index contributed by atoms with van der Waals surface area (Å²) >= 11 is 0. The predicted octanol–water partition coefficient (Wildman–Crippen LogP) is 3.37. The SMILES string of the molecule is CCCC(C)c1ccc(-n2cc(N)c(C)n2)cc1O. The molecule has 0 saturated heterocycles. The minimum absolute atomic E-state index is 0.324. The first-order chi connectivity index (χ1) is 9.02. The molecule has 1 aromatic carbocycles. The Kier molecular flexibility index (Phi) is 3.79. The lowest BCUT2D eigenvalue weighted by molar-refractivity contribution is 0.459. The van der Waals surface area contributed by atoms with E-state index in [0.717, 1.165) is 29.8 Å². The molecule has 0 amide bonds. The molecule has 1 atom stereocenters. The van der Waals surface area contributed by atoms with Crippen molar-refractivity contribution in [3.05, 3.63) is 35.7 Å². The average molecular weight is 259 g/mol. The van der Waals surface area contributed by atoms with Gasteiger partial charge in [0, 0.05) is 6.07 Å². The number of anilines is 1. The number of benzene rings is 1. The van der Waals surface area contributed by atoms with E-state index in [1.807, 2.05) is 19.1 Å². The van der Waals surface area contributed by atoms with Gasteiger partial charge in [-0.1, -0.05) is 26.3 Å². The quantitative estimate of drug-likeness (QED) is 0.884. The van der Waals surface area contributed by atoms with E-state index >= 15 is 0 Å². The third kappa shape index (κ3) is 2.72. The molecule has 1 heterocycles. The molecule has 2 rings (SSSR count). The fraction of sp³-hybridized carbons (Fsp3) is 0.400. The molecule has 0 aliphatic heterocycles. The first-order valence-corrected chi connectivity index (χ1v) is 6.68. The maximum absolute atomic E-state index is 10.2. The fourth-order valence-corrected chi connectivity index (χ4v) is 2.29. The molecule has 0 fully saturated rings. The van der Waals surface area contributed by atoms with Crippen molar-refractivity contribution in [1.29, 1.82) is 0 Å². The van der Waals surface area contributed by atoms with Gasteiger partial charge in [0.05, 0.1) is 23.3 Å². The summed E-state index contributed by atoms with van der Waals surface area (Å²) in [5, 5.41) is 14.5. The number of hydrogen-bond acceptors (Lipinski definition) is 3. The van der Waals surface area contributed by atoms with Gasteiger partial charge in [0.15, 0.2) is 0 Å². The molecule has 1 unspecified atom stereocenters. The highest BCUT2D eigenvalue weighted by atomic mass is 16.3. The highest BCUT2D eigenvalue weighted by molar-refractivity contribution is 5.48. The van der Waals surface area contributed by atoms with Crippen molar-refractivity contribution in [2.75, 3.05) is 5.73 Å². The van der Waals surface area contributed by atoms with Crippen LogP contribution in [0, 0.1) is 6.92 Å². The normalized spacial score (nSPS) is 12.6. The van der Waals surface area contributed by atoms with E-state index in [0.29, 0.717) is 17.4 Å². The Labute approximate surface area is 113 Å². The summed E-state index contributed by atoms with van der Waals surface area (Å²) in [5.41, 5.74) is 9.05. The van der Waals surface area contributed by atoms with Crippen LogP contribution in [-0.4, -0.2) is 14.9 Å². The molecule has 2 aromatic rings. The van der Waals surface area contributed by atoms with E-state index in [9.17, 15) is 5.11 Å². The van der Waals surface area contributed by atoms with Crippen molar-refractivity contribution in [3.8, 4) is 11.4 Å². The average Bonchev–Trinajstić information content (AvgIpc) is 2.69. The zero-order valence-electron chi connectivity index (χ0n) is 11.7. The van der Waals surface area contributed by atoms with Gasteiger partial charge < -0.3 is 10.8 Å². The van der Waals surface area contributed by atoms with E-state index in [2.05, 4.69) is 18.9 Å². The van der Waals surface area contributed by atoms with E-state index in [4.69, 9.17) is 5.73 Å². The molecule has 19 heavy (non-hydrogen) atoms. The molecule has 3 N–H and O–H groups in total. The van der Waals surface area contributed by atoms with E-state index in [1.165, 1.54) is 0 Å². The molecular weight excluding hydrogens is 238 g/mol. The highest BCUT2D eigenvalue weighted by Crippen LogP contribution is 2.30. The molecular formula is C15H21N3O. The molecule has 0 spiro atoms. The minimum atomic E-state index is 0.324. The number of rotatable bonds is 4. The molecule has 0 aliphatic rings. The molecule has 4 heteroatoms. The Balaban J connectivity index is 2.33. The Morgan fingerprint density at radius 2 is 2.16 bits per heavy atom. The Bertz CT molecular complexity index is 555. The van der Waals surface area contributed by atoms with Crippen LogP contribution in [0.4, 0.5) is 5.69 Å². The van der Waals surface area contributed by atoms with Gasteiger partial charge in [-0.15, -0.1) is 0 Å². The minimum Gasteiger partial charge on any atom is -0.508 e. The summed E-state index contributed by atoms with van der Waals surface area (Å²) in [6, 6.07) is 5.68. The van der Waals surface area contributed by atoms with Crippen molar-refractivity contribution >= 4 is 5.69 Å². The van der Waals surface area contributed by atoms with Gasteiger partial charge in [0.2, 0.25) is 0 Å². The molecule has 0 aliphatic carbocycles. The second kappa shape index (κ2) is 5.34. The van der Waals surface area contributed by atoms with Gasteiger partial charge in [-0.2, -0.15) is 5.10 Å². The zero-order chi connectivity index (χ0) is 14.0. The molecule has 1 aromatic heterocycles. The number of hydrogen-bond donors (Lipinski definition) is 2. The van der Waals surface area contributed by atoms with Crippen LogP contribution in [-0.2, 0) is 0 Å². The van der Waals surface area contributed by atoms with Crippen molar-refractivity contribution in [1.82, 2.24) is 9.78 Å². The smallest absolute Gasteiger partial charge is 0.121 e. The first kappa shape index (κ1) is 13.5. The third-order valence-electron chi connectivity index (χ3n) is 3.47. The Hall–Kier alpha value is -1.97. The van der Waals surface area contributed by atoms with Gasteiger partial charge in [0.25, 0.3) is 0 Å². The molecule has 102 valence electrons. The third-order valence-corrected chi connectivity index (χ3v) is 3.47. The van der Waals surface area contributed by atoms with Crippen molar-refractivity contribution in [2.45, 2.75) is 39.5 Å². The standard InChI is InChI=1S/C15H21N3O/c1-4-5-10(2)13-7-6-12(8-15(13)19)18-9-14(16)11(3)17-18/h6-10,19H,4-5,16H2,1-3H3. The van der Waals surface area contributed by atoms with Crippen molar-refractivity contribution in [3.63, 3.8) is 0 Å². The summed E-state index contributed by atoms with van der Waals surface area (Å²) in [4.78, 5) is 0. The maximum atomic E-state index is 10.2. The Morgan fingerprint density at radius 3 is 2.68 bits per heavy atom. The van der Waals surface area contributed by atoms with Gasteiger partial charge in [-0.05, 0) is 30.9 Å². The number of aromatic hydroxyl groups is 1. The molecule has 0 radical (unpaired) electrons. The van der Waals surface area contributed by atoms with Gasteiger partial charge >= 0.3 is 0 Å². The first-order valence-electron chi connectivity index (χ1n) is 6.68. The van der Waals surface area contributed by atoms with E-state index < -0.39 is 0 Å². The van der Waals surface area contributed by atoms with Crippen LogP contribution in [0.2, 0.25) is 0 Å². The summed E-state index contributed by atoms with van der Waals surface area (Å²) in [7, 11) is 0. The summed E-state index contributed by atoms with van der Waals surface area (Å²) < 4.78 is 1.69. The maximum Gasteiger partial charge on any atom is 0.121 e. The lowest BCUT2D eigenvalue weighted by Crippen LogP contribution is -1.98. The number of nitrogens with two attached hydrogens (primary N) is 1. The number of nitrogens with zero attached hydrogens (tertiary/aromatic N) is 2. The summed E-state index contributed by atoms with van der Waals surface area (Å²) in [6.45, 7) is 6.15. The number of aromatic nitrogens is 2. The second-order valence-electron chi connectivity index (χ2n) is 5.05. The zero-order valence-corrected chi connectivity index (χ0v) is 11.7. The number of aryl methyl sites for hydroxylation is 1. The predicted molar refractivity (Wildman–Crippen MR) is 77.7 cm³/mol. The molecule has 4 nitrogen and oxygen atoms in total. The van der Waals surface area contributed by atoms with Crippen molar-refractivity contribution < 1.29 is 5.11 Å². The fourth-order valence-electron chi connectivity index (χ4n) is 2.29.